The minimum Gasteiger partial charge on any atom is -0.425 e. The highest BCUT2D eigenvalue weighted by atomic mass is 28.2. The van der Waals surface area contributed by atoms with E-state index in [9.17, 15) is 4.39 Å². The van der Waals surface area contributed by atoms with Gasteiger partial charge in [-0.15, -0.1) is 0 Å². The highest BCUT2D eigenvalue weighted by Gasteiger charge is 2.48. The van der Waals surface area contributed by atoms with Gasteiger partial charge in [0.15, 0.2) is 0 Å². The van der Waals surface area contributed by atoms with Crippen molar-refractivity contribution in [1.82, 2.24) is 0 Å². The first-order valence-corrected chi connectivity index (χ1v) is 7.81. The van der Waals surface area contributed by atoms with Crippen molar-refractivity contribution >= 4 is 10.5 Å². The summed E-state index contributed by atoms with van der Waals surface area (Å²) in [6, 6.07) is 9.80. The number of halogens is 1. The van der Waals surface area contributed by atoms with Crippen LogP contribution in [0.4, 0.5) is 4.39 Å². The Morgan fingerprint density at radius 2 is 2.10 bits per heavy atom. The molecule has 1 aliphatic heterocycles. The summed E-state index contributed by atoms with van der Waals surface area (Å²) in [5, 5.41) is 0. The van der Waals surface area contributed by atoms with E-state index in [0.717, 1.165) is 5.56 Å². The molecule has 1 unspecified atom stereocenters. The molecule has 1 heterocycles. The highest BCUT2D eigenvalue weighted by molar-refractivity contribution is 5.98. The van der Waals surface area contributed by atoms with Crippen molar-refractivity contribution in [1.29, 1.82) is 0 Å². The van der Waals surface area contributed by atoms with Crippen molar-refractivity contribution < 1.29 is 18.3 Å². The summed E-state index contributed by atoms with van der Waals surface area (Å²) in [4.78, 5) is 0. The summed E-state index contributed by atoms with van der Waals surface area (Å²) < 4.78 is 31.5. The normalized spacial score (nSPS) is 34.2. The zero-order valence-electron chi connectivity index (χ0n) is 12.3. The predicted molar refractivity (Wildman–Crippen MR) is 79.3 cm³/mol. The minimum absolute atomic E-state index is 0.155. The molecule has 1 fully saturated rings. The second-order valence-electron chi connectivity index (χ2n) is 5.70. The summed E-state index contributed by atoms with van der Waals surface area (Å²) >= 11 is 0. The standard InChI is InChI=1S/C15H23FO3Si/c1-11-8-18-15(2,10-19-20)14(13(11)16)17-9-12-6-4-3-5-7-12/h3-7,11,13-14H,8-10H2,1-2,20H3/t11-,13+,14?,15-/m1/s1. The summed E-state index contributed by atoms with van der Waals surface area (Å²) in [6.45, 7) is 4.90. The Labute approximate surface area is 123 Å². The van der Waals surface area contributed by atoms with Crippen LogP contribution < -0.4 is 0 Å². The molecule has 0 amide bonds. The number of benzene rings is 1. The summed E-state index contributed by atoms with van der Waals surface area (Å²) in [5.74, 6) is -0.155. The lowest BCUT2D eigenvalue weighted by Gasteiger charge is -2.45. The lowest BCUT2D eigenvalue weighted by atomic mass is 9.86. The molecule has 112 valence electrons. The number of rotatable bonds is 5. The predicted octanol–water partition coefficient (Wildman–Crippen LogP) is 1.63. The maximum Gasteiger partial charge on any atom is 0.146 e. The van der Waals surface area contributed by atoms with Crippen LogP contribution in [0.3, 0.4) is 0 Å². The molecule has 0 radical (unpaired) electrons. The van der Waals surface area contributed by atoms with Gasteiger partial charge in [0.1, 0.15) is 28.4 Å². The first-order chi connectivity index (χ1) is 9.57. The molecule has 0 N–H and O–H groups in total. The quantitative estimate of drug-likeness (QED) is 0.773. The zero-order valence-corrected chi connectivity index (χ0v) is 14.3. The van der Waals surface area contributed by atoms with Gasteiger partial charge in [-0.25, -0.2) is 4.39 Å². The SMILES string of the molecule is C[C@@H]1CO[C@](C)(CO[SiH3])C(OCc2ccccc2)[C@H]1F. The molecule has 5 heteroatoms. The van der Waals surface area contributed by atoms with Gasteiger partial charge < -0.3 is 13.9 Å². The van der Waals surface area contributed by atoms with E-state index in [0.29, 0.717) is 30.3 Å². The summed E-state index contributed by atoms with van der Waals surface area (Å²) in [5.41, 5.74) is 0.328. The van der Waals surface area contributed by atoms with Gasteiger partial charge in [-0.3, -0.25) is 0 Å². The molecule has 1 aliphatic rings. The van der Waals surface area contributed by atoms with Crippen LogP contribution in [0.2, 0.25) is 0 Å². The summed E-state index contributed by atoms with van der Waals surface area (Å²) in [6.07, 6.45) is -1.63. The lowest BCUT2D eigenvalue weighted by Crippen LogP contribution is -2.58. The number of hydrogen-bond donors (Lipinski definition) is 0. The molecule has 1 aromatic rings. The van der Waals surface area contributed by atoms with Gasteiger partial charge in [0.25, 0.3) is 0 Å². The second-order valence-corrected chi connectivity index (χ2v) is 6.27. The van der Waals surface area contributed by atoms with Crippen LogP contribution in [0.5, 0.6) is 0 Å². The Kier molecular flexibility index (Phi) is 5.32. The van der Waals surface area contributed by atoms with Gasteiger partial charge >= 0.3 is 0 Å². The molecule has 1 saturated heterocycles. The fraction of sp³-hybridized carbons (Fsp3) is 0.600. The minimum atomic E-state index is -1.03. The fourth-order valence-electron chi connectivity index (χ4n) is 2.57. The van der Waals surface area contributed by atoms with Crippen LogP contribution in [-0.2, 0) is 20.5 Å². The Bertz CT molecular complexity index is 417. The number of hydrogen-bond acceptors (Lipinski definition) is 3. The van der Waals surface area contributed by atoms with Crippen LogP contribution in [0.15, 0.2) is 30.3 Å². The van der Waals surface area contributed by atoms with E-state index in [1.165, 1.54) is 0 Å². The largest absolute Gasteiger partial charge is 0.425 e. The molecule has 3 nitrogen and oxygen atoms in total. The molecule has 4 atom stereocenters. The molecule has 0 saturated carbocycles. The average Bonchev–Trinajstić information content (AvgIpc) is 2.45. The van der Waals surface area contributed by atoms with Crippen molar-refractivity contribution in [2.24, 2.45) is 5.92 Å². The van der Waals surface area contributed by atoms with Crippen LogP contribution in [0.1, 0.15) is 19.4 Å². The van der Waals surface area contributed by atoms with Crippen molar-refractivity contribution in [2.75, 3.05) is 13.2 Å². The van der Waals surface area contributed by atoms with E-state index in [1.54, 1.807) is 0 Å². The van der Waals surface area contributed by atoms with Crippen LogP contribution in [-0.4, -0.2) is 41.6 Å². The maximum absolute atomic E-state index is 14.5. The third kappa shape index (κ3) is 3.47. The van der Waals surface area contributed by atoms with Gasteiger partial charge in [0, 0.05) is 5.92 Å². The average molecular weight is 298 g/mol. The first kappa shape index (κ1) is 15.6. The van der Waals surface area contributed by atoms with Crippen LogP contribution in [0.25, 0.3) is 0 Å². The monoisotopic (exact) mass is 298 g/mol. The van der Waals surface area contributed by atoms with Crippen molar-refractivity contribution in [3.63, 3.8) is 0 Å². The number of ether oxygens (including phenoxy) is 2. The Hall–Kier alpha value is -0.753. The molecule has 1 aromatic carbocycles. The molecule has 0 aliphatic carbocycles. The first-order valence-electron chi connectivity index (χ1n) is 6.99. The molecule has 2 rings (SSSR count). The Morgan fingerprint density at radius 3 is 2.75 bits per heavy atom. The molecular weight excluding hydrogens is 275 g/mol. The van der Waals surface area contributed by atoms with E-state index in [1.807, 2.05) is 44.2 Å². The van der Waals surface area contributed by atoms with Crippen molar-refractivity contribution in [3.05, 3.63) is 35.9 Å². The fourth-order valence-corrected chi connectivity index (χ4v) is 3.14. The third-order valence-electron chi connectivity index (χ3n) is 3.81. The number of alkyl halides is 1. The van der Waals surface area contributed by atoms with E-state index >= 15 is 0 Å². The van der Waals surface area contributed by atoms with Gasteiger partial charge in [0.2, 0.25) is 0 Å². The lowest BCUT2D eigenvalue weighted by molar-refractivity contribution is -0.224. The third-order valence-corrected chi connectivity index (χ3v) is 4.10. The summed E-state index contributed by atoms with van der Waals surface area (Å²) in [7, 11) is 0.607. The van der Waals surface area contributed by atoms with Gasteiger partial charge in [-0.1, -0.05) is 37.3 Å². The van der Waals surface area contributed by atoms with Crippen molar-refractivity contribution in [3.8, 4) is 0 Å². The Morgan fingerprint density at radius 1 is 1.40 bits per heavy atom. The van der Waals surface area contributed by atoms with Crippen LogP contribution >= 0.6 is 0 Å². The van der Waals surface area contributed by atoms with E-state index < -0.39 is 17.9 Å². The van der Waals surface area contributed by atoms with Gasteiger partial charge in [-0.2, -0.15) is 0 Å². The topological polar surface area (TPSA) is 27.7 Å². The molecule has 0 bridgehead atoms. The van der Waals surface area contributed by atoms with E-state index in [4.69, 9.17) is 13.9 Å². The van der Waals surface area contributed by atoms with Crippen LogP contribution in [0, 0.1) is 5.92 Å². The van der Waals surface area contributed by atoms with Gasteiger partial charge in [0.05, 0.1) is 19.8 Å². The zero-order chi connectivity index (χ0) is 14.6. The molecule has 0 spiro atoms. The smallest absolute Gasteiger partial charge is 0.146 e. The second kappa shape index (κ2) is 6.80. The maximum atomic E-state index is 14.5. The molecular formula is C15H23FO3Si. The van der Waals surface area contributed by atoms with E-state index in [-0.39, 0.29) is 5.92 Å². The highest BCUT2D eigenvalue weighted by Crippen LogP contribution is 2.33. The molecule has 20 heavy (non-hydrogen) atoms. The van der Waals surface area contributed by atoms with Crippen molar-refractivity contribution in [2.45, 2.75) is 38.3 Å². The molecule has 0 aromatic heterocycles. The van der Waals surface area contributed by atoms with E-state index in [2.05, 4.69) is 0 Å². The van der Waals surface area contributed by atoms with Gasteiger partial charge in [-0.05, 0) is 12.5 Å². The Balaban J connectivity index is 2.07.